The number of rotatable bonds is 4. The van der Waals surface area contributed by atoms with E-state index in [1.54, 1.807) is 31.2 Å². The summed E-state index contributed by atoms with van der Waals surface area (Å²) in [6.45, 7) is 1.64. The number of benzene rings is 1. The standard InChI is InChI=1S/C11H15NO3/c1-8(7-13)12-11(15)6-9-3-2-4-10(14)5-9/h2-5,8,13-14H,6-7H2,1H3,(H,12,15). The highest BCUT2D eigenvalue weighted by atomic mass is 16.3. The molecule has 0 radical (unpaired) electrons. The van der Waals surface area contributed by atoms with Crippen molar-refractivity contribution in [1.29, 1.82) is 0 Å². The van der Waals surface area contributed by atoms with E-state index in [0.29, 0.717) is 0 Å². The van der Waals surface area contributed by atoms with Gasteiger partial charge in [0.05, 0.1) is 13.0 Å². The van der Waals surface area contributed by atoms with Crippen LogP contribution in [0.1, 0.15) is 12.5 Å². The van der Waals surface area contributed by atoms with Crippen LogP contribution in [-0.2, 0) is 11.2 Å². The maximum absolute atomic E-state index is 11.4. The van der Waals surface area contributed by atoms with Crippen LogP contribution in [0.15, 0.2) is 24.3 Å². The zero-order chi connectivity index (χ0) is 11.3. The highest BCUT2D eigenvalue weighted by Gasteiger charge is 2.07. The predicted molar refractivity (Wildman–Crippen MR) is 56.5 cm³/mol. The molecule has 0 bridgehead atoms. The van der Waals surface area contributed by atoms with Crippen molar-refractivity contribution < 1.29 is 15.0 Å². The molecule has 1 unspecified atom stereocenters. The topological polar surface area (TPSA) is 69.6 Å². The van der Waals surface area contributed by atoms with Crippen molar-refractivity contribution >= 4 is 5.91 Å². The Morgan fingerprint density at radius 3 is 2.87 bits per heavy atom. The molecule has 1 amide bonds. The average molecular weight is 209 g/mol. The molecular formula is C11H15NO3. The van der Waals surface area contributed by atoms with Gasteiger partial charge in [0.1, 0.15) is 5.75 Å². The SMILES string of the molecule is CC(CO)NC(=O)Cc1cccc(O)c1. The lowest BCUT2D eigenvalue weighted by Gasteiger charge is -2.10. The van der Waals surface area contributed by atoms with Gasteiger partial charge in [-0.25, -0.2) is 0 Å². The molecule has 0 saturated heterocycles. The van der Waals surface area contributed by atoms with E-state index in [1.165, 1.54) is 0 Å². The lowest BCUT2D eigenvalue weighted by molar-refractivity contribution is -0.121. The van der Waals surface area contributed by atoms with Crippen LogP contribution >= 0.6 is 0 Å². The Balaban J connectivity index is 2.51. The van der Waals surface area contributed by atoms with E-state index in [1.807, 2.05) is 0 Å². The Morgan fingerprint density at radius 1 is 1.53 bits per heavy atom. The first-order valence-electron chi connectivity index (χ1n) is 4.80. The first kappa shape index (κ1) is 11.5. The predicted octanol–water partition coefficient (Wildman–Crippen LogP) is 0.432. The Bertz CT molecular complexity index is 338. The van der Waals surface area contributed by atoms with Crippen molar-refractivity contribution in [3.8, 4) is 5.75 Å². The molecule has 4 nitrogen and oxygen atoms in total. The van der Waals surface area contributed by atoms with Gasteiger partial charge in [0.15, 0.2) is 0 Å². The van der Waals surface area contributed by atoms with Crippen molar-refractivity contribution in [1.82, 2.24) is 5.32 Å². The Labute approximate surface area is 88.6 Å². The number of phenolic OH excluding ortho intramolecular Hbond substituents is 1. The summed E-state index contributed by atoms with van der Waals surface area (Å²) in [6, 6.07) is 6.31. The molecule has 0 aromatic heterocycles. The molecule has 3 N–H and O–H groups in total. The fraction of sp³-hybridized carbons (Fsp3) is 0.364. The summed E-state index contributed by atoms with van der Waals surface area (Å²) >= 11 is 0. The highest BCUT2D eigenvalue weighted by Crippen LogP contribution is 2.11. The largest absolute Gasteiger partial charge is 0.508 e. The summed E-state index contributed by atoms with van der Waals surface area (Å²) in [5.41, 5.74) is 0.748. The van der Waals surface area contributed by atoms with Crippen LogP contribution < -0.4 is 5.32 Å². The molecule has 4 heteroatoms. The van der Waals surface area contributed by atoms with Gasteiger partial charge < -0.3 is 15.5 Å². The quantitative estimate of drug-likeness (QED) is 0.673. The number of carbonyl (C=O) groups excluding carboxylic acids is 1. The molecule has 82 valence electrons. The van der Waals surface area contributed by atoms with Crippen molar-refractivity contribution in [2.45, 2.75) is 19.4 Å². The second-order valence-electron chi connectivity index (χ2n) is 3.50. The van der Waals surface area contributed by atoms with Crippen LogP contribution in [-0.4, -0.2) is 28.8 Å². The molecule has 0 aliphatic carbocycles. The first-order chi connectivity index (χ1) is 7.11. The minimum atomic E-state index is -0.241. The van der Waals surface area contributed by atoms with Gasteiger partial charge in [0.25, 0.3) is 0 Å². The van der Waals surface area contributed by atoms with E-state index in [-0.39, 0.29) is 30.7 Å². The summed E-state index contributed by atoms with van der Waals surface area (Å²) in [5.74, 6) is -0.0161. The number of aliphatic hydroxyl groups is 1. The molecule has 15 heavy (non-hydrogen) atoms. The number of hydrogen-bond acceptors (Lipinski definition) is 3. The van der Waals surface area contributed by atoms with Crippen molar-refractivity contribution in [3.63, 3.8) is 0 Å². The van der Waals surface area contributed by atoms with Crippen LogP contribution in [0.2, 0.25) is 0 Å². The summed E-state index contributed by atoms with van der Waals surface area (Å²) in [7, 11) is 0. The van der Waals surface area contributed by atoms with Gasteiger partial charge in [0.2, 0.25) is 5.91 Å². The minimum Gasteiger partial charge on any atom is -0.508 e. The number of amides is 1. The Morgan fingerprint density at radius 2 is 2.27 bits per heavy atom. The molecule has 1 aromatic carbocycles. The first-order valence-corrected chi connectivity index (χ1v) is 4.80. The molecule has 1 atom stereocenters. The number of nitrogens with one attached hydrogen (secondary N) is 1. The van der Waals surface area contributed by atoms with E-state index >= 15 is 0 Å². The van der Waals surface area contributed by atoms with Crippen molar-refractivity contribution in [3.05, 3.63) is 29.8 Å². The molecule has 0 aliphatic rings. The van der Waals surface area contributed by atoms with Gasteiger partial charge in [-0.1, -0.05) is 12.1 Å². The Kier molecular flexibility index (Phi) is 4.12. The Hall–Kier alpha value is -1.55. The highest BCUT2D eigenvalue weighted by molar-refractivity contribution is 5.78. The fourth-order valence-corrected chi connectivity index (χ4v) is 1.22. The third kappa shape index (κ3) is 3.99. The van der Waals surface area contributed by atoms with Crippen LogP contribution in [0.5, 0.6) is 5.75 Å². The monoisotopic (exact) mass is 209 g/mol. The average Bonchev–Trinajstić information content (AvgIpc) is 2.17. The molecule has 0 saturated carbocycles. The normalized spacial score (nSPS) is 12.1. The van der Waals surface area contributed by atoms with E-state index in [2.05, 4.69) is 5.32 Å². The van der Waals surface area contributed by atoms with Gasteiger partial charge >= 0.3 is 0 Å². The maximum Gasteiger partial charge on any atom is 0.224 e. The van der Waals surface area contributed by atoms with Gasteiger partial charge in [-0.15, -0.1) is 0 Å². The third-order valence-corrected chi connectivity index (χ3v) is 1.96. The summed E-state index contributed by atoms with van der Waals surface area (Å²) in [5, 5.41) is 20.5. The number of aliphatic hydroxyl groups excluding tert-OH is 1. The number of phenols is 1. The van der Waals surface area contributed by atoms with Gasteiger partial charge in [0, 0.05) is 6.04 Å². The molecule has 0 aliphatic heterocycles. The number of hydrogen-bond donors (Lipinski definition) is 3. The zero-order valence-electron chi connectivity index (χ0n) is 8.60. The summed E-state index contributed by atoms with van der Waals surface area (Å²) in [4.78, 5) is 11.4. The number of aromatic hydroxyl groups is 1. The fourth-order valence-electron chi connectivity index (χ4n) is 1.22. The lowest BCUT2D eigenvalue weighted by atomic mass is 10.1. The molecule has 0 fully saturated rings. The van der Waals surface area contributed by atoms with Crippen LogP contribution in [0.4, 0.5) is 0 Å². The lowest BCUT2D eigenvalue weighted by Crippen LogP contribution is -2.35. The van der Waals surface area contributed by atoms with Crippen LogP contribution in [0, 0.1) is 0 Å². The van der Waals surface area contributed by atoms with Gasteiger partial charge in [-0.3, -0.25) is 4.79 Å². The number of carbonyl (C=O) groups is 1. The smallest absolute Gasteiger partial charge is 0.224 e. The van der Waals surface area contributed by atoms with E-state index in [9.17, 15) is 9.90 Å². The van der Waals surface area contributed by atoms with E-state index in [4.69, 9.17) is 5.11 Å². The molecule has 0 heterocycles. The molecule has 1 rings (SSSR count). The minimum absolute atomic E-state index is 0.0776. The van der Waals surface area contributed by atoms with Crippen LogP contribution in [0.3, 0.4) is 0 Å². The second kappa shape index (κ2) is 5.36. The van der Waals surface area contributed by atoms with Gasteiger partial charge in [-0.2, -0.15) is 0 Å². The van der Waals surface area contributed by atoms with E-state index < -0.39 is 0 Å². The summed E-state index contributed by atoms with van der Waals surface area (Å²) < 4.78 is 0. The molecule has 1 aromatic rings. The summed E-state index contributed by atoms with van der Waals surface area (Å²) in [6.07, 6.45) is 0.207. The second-order valence-corrected chi connectivity index (χ2v) is 3.50. The molecular weight excluding hydrogens is 194 g/mol. The molecule has 0 spiro atoms. The third-order valence-electron chi connectivity index (χ3n) is 1.96. The van der Waals surface area contributed by atoms with Gasteiger partial charge in [-0.05, 0) is 24.6 Å². The maximum atomic E-state index is 11.4. The van der Waals surface area contributed by atoms with E-state index in [0.717, 1.165) is 5.56 Å². The zero-order valence-corrected chi connectivity index (χ0v) is 8.60. The van der Waals surface area contributed by atoms with Crippen LogP contribution in [0.25, 0.3) is 0 Å². The van der Waals surface area contributed by atoms with Crippen molar-refractivity contribution in [2.75, 3.05) is 6.61 Å². The van der Waals surface area contributed by atoms with Crippen molar-refractivity contribution in [2.24, 2.45) is 0 Å².